The van der Waals surface area contributed by atoms with Crippen LogP contribution >= 0.6 is 0 Å². The zero-order valence-electron chi connectivity index (χ0n) is 11.4. The van der Waals surface area contributed by atoms with Crippen LogP contribution in [-0.4, -0.2) is 43.8 Å². The quantitative estimate of drug-likeness (QED) is 0.867. The first-order valence-electron chi connectivity index (χ1n) is 6.85. The highest BCUT2D eigenvalue weighted by molar-refractivity contribution is 5.42. The van der Waals surface area contributed by atoms with E-state index in [2.05, 4.69) is 41.4 Å². The van der Waals surface area contributed by atoms with Crippen molar-refractivity contribution in [1.29, 1.82) is 0 Å². The molecule has 0 aromatic heterocycles. The predicted molar refractivity (Wildman–Crippen MR) is 76.0 cm³/mol. The minimum atomic E-state index is 0.468. The summed E-state index contributed by atoms with van der Waals surface area (Å²) in [7, 11) is 1.82. The number of hydrogen-bond acceptors (Lipinski definition) is 3. The third-order valence-corrected chi connectivity index (χ3v) is 3.81. The first-order chi connectivity index (χ1) is 8.79. The second-order valence-corrected chi connectivity index (χ2v) is 5.07. The molecule has 1 aromatic rings. The van der Waals surface area contributed by atoms with Crippen LogP contribution in [-0.2, 0) is 4.74 Å². The first-order valence-corrected chi connectivity index (χ1v) is 6.85. The lowest BCUT2D eigenvalue weighted by Gasteiger charge is -2.35. The fourth-order valence-corrected chi connectivity index (χ4v) is 2.50. The molecular formula is C15H24N2O. The molecule has 100 valence electrons. The summed E-state index contributed by atoms with van der Waals surface area (Å²) in [5, 5.41) is 3.49. The van der Waals surface area contributed by atoms with E-state index in [4.69, 9.17) is 4.74 Å². The molecule has 0 radical (unpaired) electrons. The third-order valence-electron chi connectivity index (χ3n) is 3.81. The third kappa shape index (κ3) is 3.72. The van der Waals surface area contributed by atoms with E-state index in [1.807, 2.05) is 13.2 Å². The van der Waals surface area contributed by atoms with Crippen LogP contribution < -0.4 is 5.32 Å². The maximum absolute atomic E-state index is 5.41. The van der Waals surface area contributed by atoms with Gasteiger partial charge in [0.2, 0.25) is 0 Å². The van der Waals surface area contributed by atoms with E-state index < -0.39 is 0 Å². The minimum absolute atomic E-state index is 0.468. The van der Waals surface area contributed by atoms with Crippen molar-refractivity contribution in [1.82, 2.24) is 4.90 Å². The molecule has 2 rings (SSSR count). The second-order valence-electron chi connectivity index (χ2n) is 5.07. The summed E-state index contributed by atoms with van der Waals surface area (Å²) in [5.41, 5.74) is 1.20. The molecule has 1 aliphatic rings. The van der Waals surface area contributed by atoms with Crippen molar-refractivity contribution < 1.29 is 4.74 Å². The van der Waals surface area contributed by atoms with Crippen molar-refractivity contribution in [3.05, 3.63) is 30.3 Å². The summed E-state index contributed by atoms with van der Waals surface area (Å²) in [4.78, 5) is 2.55. The summed E-state index contributed by atoms with van der Waals surface area (Å²) in [6.45, 7) is 5.59. The van der Waals surface area contributed by atoms with Gasteiger partial charge >= 0.3 is 0 Å². The van der Waals surface area contributed by atoms with Crippen molar-refractivity contribution in [3.8, 4) is 0 Å². The maximum Gasteiger partial charge on any atom is 0.0595 e. The highest BCUT2D eigenvalue weighted by atomic mass is 16.5. The molecule has 1 aliphatic heterocycles. The number of nitrogens with one attached hydrogen (secondary N) is 1. The van der Waals surface area contributed by atoms with Crippen LogP contribution in [0.1, 0.15) is 19.8 Å². The molecular weight excluding hydrogens is 224 g/mol. The number of para-hydroxylation sites is 1. The van der Waals surface area contributed by atoms with Gasteiger partial charge in [-0.05, 0) is 31.9 Å². The van der Waals surface area contributed by atoms with E-state index in [1.165, 1.54) is 5.69 Å². The van der Waals surface area contributed by atoms with Crippen LogP contribution in [0.3, 0.4) is 0 Å². The first kappa shape index (κ1) is 13.4. The minimum Gasteiger partial charge on any atom is -0.383 e. The van der Waals surface area contributed by atoms with Crippen molar-refractivity contribution >= 4 is 5.69 Å². The number of piperidine rings is 1. The molecule has 1 heterocycles. The van der Waals surface area contributed by atoms with Gasteiger partial charge in [-0.15, -0.1) is 0 Å². The van der Waals surface area contributed by atoms with Crippen LogP contribution in [0.4, 0.5) is 5.69 Å². The predicted octanol–water partition coefficient (Wildman–Crippen LogP) is 2.60. The SMILES string of the molecule is COC1CCN(C(C)CNc2ccccc2)CC1. The van der Waals surface area contributed by atoms with Gasteiger partial charge in [-0.3, -0.25) is 4.90 Å². The molecule has 0 saturated carbocycles. The molecule has 0 bridgehead atoms. The number of methoxy groups -OCH3 is 1. The number of hydrogen-bond donors (Lipinski definition) is 1. The zero-order chi connectivity index (χ0) is 12.8. The van der Waals surface area contributed by atoms with E-state index in [-0.39, 0.29) is 0 Å². The number of nitrogens with zero attached hydrogens (tertiary/aromatic N) is 1. The molecule has 1 N–H and O–H groups in total. The fraction of sp³-hybridized carbons (Fsp3) is 0.600. The van der Waals surface area contributed by atoms with Crippen LogP contribution in [0, 0.1) is 0 Å². The van der Waals surface area contributed by atoms with E-state index in [0.717, 1.165) is 32.5 Å². The monoisotopic (exact) mass is 248 g/mol. The van der Waals surface area contributed by atoms with Gasteiger partial charge in [0.05, 0.1) is 6.10 Å². The Morgan fingerprint density at radius 1 is 1.28 bits per heavy atom. The normalized spacial score (nSPS) is 19.7. The summed E-state index contributed by atoms with van der Waals surface area (Å²) in [6, 6.07) is 11.0. The van der Waals surface area contributed by atoms with E-state index in [9.17, 15) is 0 Å². The Kier molecular flexibility index (Phi) is 5.02. The van der Waals surface area contributed by atoms with Crippen molar-refractivity contribution in [2.45, 2.75) is 31.9 Å². The Hall–Kier alpha value is -1.06. The lowest BCUT2D eigenvalue weighted by atomic mass is 10.1. The average Bonchev–Trinajstić information content (AvgIpc) is 2.46. The van der Waals surface area contributed by atoms with E-state index in [1.54, 1.807) is 0 Å². The highest BCUT2D eigenvalue weighted by Crippen LogP contribution is 2.15. The van der Waals surface area contributed by atoms with Gasteiger partial charge in [-0.1, -0.05) is 18.2 Å². The average molecular weight is 248 g/mol. The Morgan fingerprint density at radius 3 is 2.56 bits per heavy atom. The molecule has 1 saturated heterocycles. The lowest BCUT2D eigenvalue weighted by molar-refractivity contribution is 0.0314. The summed E-state index contributed by atoms with van der Waals surface area (Å²) in [6.07, 6.45) is 2.79. The number of rotatable bonds is 5. The molecule has 1 unspecified atom stereocenters. The number of anilines is 1. The fourth-order valence-electron chi connectivity index (χ4n) is 2.50. The molecule has 3 nitrogen and oxygen atoms in total. The molecule has 1 fully saturated rings. The molecule has 0 aliphatic carbocycles. The Morgan fingerprint density at radius 2 is 1.94 bits per heavy atom. The number of likely N-dealkylation sites (tertiary alicyclic amines) is 1. The van der Waals surface area contributed by atoms with Gasteiger partial charge in [0.1, 0.15) is 0 Å². The summed E-state index contributed by atoms with van der Waals surface area (Å²) >= 11 is 0. The van der Waals surface area contributed by atoms with Crippen LogP contribution in [0.25, 0.3) is 0 Å². The van der Waals surface area contributed by atoms with E-state index >= 15 is 0 Å². The Bertz CT molecular complexity index is 334. The maximum atomic E-state index is 5.41. The topological polar surface area (TPSA) is 24.5 Å². The molecule has 18 heavy (non-hydrogen) atoms. The van der Waals surface area contributed by atoms with Crippen molar-refractivity contribution in [3.63, 3.8) is 0 Å². The number of ether oxygens (including phenoxy) is 1. The zero-order valence-corrected chi connectivity index (χ0v) is 11.4. The molecule has 3 heteroatoms. The van der Waals surface area contributed by atoms with Crippen LogP contribution in [0.15, 0.2) is 30.3 Å². The molecule has 1 atom stereocenters. The Balaban J connectivity index is 1.73. The standard InChI is InChI=1S/C15H24N2O/c1-13(12-16-14-6-4-3-5-7-14)17-10-8-15(18-2)9-11-17/h3-7,13,15-16H,8-12H2,1-2H3. The molecule has 0 spiro atoms. The van der Waals surface area contributed by atoms with Gasteiger partial charge in [-0.2, -0.15) is 0 Å². The molecule has 0 amide bonds. The molecule has 1 aromatic carbocycles. The van der Waals surface area contributed by atoms with Crippen molar-refractivity contribution in [2.24, 2.45) is 0 Å². The second kappa shape index (κ2) is 6.76. The van der Waals surface area contributed by atoms with Gasteiger partial charge in [0, 0.05) is 38.5 Å². The lowest BCUT2D eigenvalue weighted by Crippen LogP contribution is -2.44. The van der Waals surface area contributed by atoms with Gasteiger partial charge in [-0.25, -0.2) is 0 Å². The summed E-state index contributed by atoms with van der Waals surface area (Å²) in [5.74, 6) is 0. The number of benzene rings is 1. The summed E-state index contributed by atoms with van der Waals surface area (Å²) < 4.78 is 5.41. The smallest absolute Gasteiger partial charge is 0.0595 e. The Labute approximate surface area is 110 Å². The van der Waals surface area contributed by atoms with E-state index in [0.29, 0.717) is 12.1 Å². The van der Waals surface area contributed by atoms with Gasteiger partial charge in [0.15, 0.2) is 0 Å². The van der Waals surface area contributed by atoms with Gasteiger partial charge < -0.3 is 10.1 Å². The van der Waals surface area contributed by atoms with Crippen molar-refractivity contribution in [2.75, 3.05) is 32.1 Å². The largest absolute Gasteiger partial charge is 0.383 e. The van der Waals surface area contributed by atoms with Crippen LogP contribution in [0.5, 0.6) is 0 Å². The van der Waals surface area contributed by atoms with Crippen LogP contribution in [0.2, 0.25) is 0 Å². The highest BCUT2D eigenvalue weighted by Gasteiger charge is 2.21. The van der Waals surface area contributed by atoms with Gasteiger partial charge in [0.25, 0.3) is 0 Å².